The summed E-state index contributed by atoms with van der Waals surface area (Å²) in [6, 6.07) is 11.6. The van der Waals surface area contributed by atoms with Gasteiger partial charge in [-0.2, -0.15) is 0 Å². The number of nitrogens with zero attached hydrogens (tertiary/aromatic N) is 2. The minimum absolute atomic E-state index is 0.0209. The average molecular weight is 440 g/mol. The molecule has 0 bridgehead atoms. The number of fused-ring (bicyclic) bond motifs is 1. The number of nitrogens with one attached hydrogen (secondary N) is 1. The molecule has 0 spiro atoms. The van der Waals surface area contributed by atoms with Crippen LogP contribution in [0.5, 0.6) is 23.0 Å². The molecule has 8 heteroatoms. The molecule has 0 atom stereocenters. The number of hydrogen-bond acceptors (Lipinski definition) is 6. The quantitative estimate of drug-likeness (QED) is 0.610. The number of methoxy groups -OCH3 is 4. The highest BCUT2D eigenvalue weighted by atomic mass is 16.5. The van der Waals surface area contributed by atoms with Crippen molar-refractivity contribution >= 4 is 16.8 Å². The van der Waals surface area contributed by atoms with Crippen LogP contribution in [-0.4, -0.2) is 75.3 Å². The Kier molecular flexibility index (Phi) is 6.41. The maximum Gasteiger partial charge on any atom is 0.270 e. The van der Waals surface area contributed by atoms with E-state index in [1.165, 1.54) is 0 Å². The van der Waals surface area contributed by atoms with E-state index in [0.717, 1.165) is 41.9 Å². The lowest BCUT2D eigenvalue weighted by Gasteiger charge is -2.34. The predicted octanol–water partition coefficient (Wildman–Crippen LogP) is 3.16. The van der Waals surface area contributed by atoms with Gasteiger partial charge in [0, 0.05) is 43.6 Å². The van der Waals surface area contributed by atoms with Gasteiger partial charge >= 0.3 is 0 Å². The van der Waals surface area contributed by atoms with Crippen molar-refractivity contribution in [3.8, 4) is 23.0 Å². The van der Waals surface area contributed by atoms with E-state index in [1.54, 1.807) is 28.4 Å². The molecule has 1 aliphatic heterocycles. The Labute approximate surface area is 187 Å². The lowest BCUT2D eigenvalue weighted by atomic mass is 10.1. The van der Waals surface area contributed by atoms with Crippen LogP contribution in [0.1, 0.15) is 16.1 Å². The summed E-state index contributed by atoms with van der Waals surface area (Å²) in [5, 5.41) is 0.966. The number of hydrogen-bond donors (Lipinski definition) is 1. The normalized spacial score (nSPS) is 14.4. The second-order valence-corrected chi connectivity index (χ2v) is 7.74. The van der Waals surface area contributed by atoms with Crippen LogP contribution in [-0.2, 0) is 6.54 Å². The van der Waals surface area contributed by atoms with Crippen molar-refractivity contribution in [3.63, 3.8) is 0 Å². The fraction of sp³-hybridized carbons (Fsp3) is 0.375. The van der Waals surface area contributed by atoms with E-state index in [-0.39, 0.29) is 5.91 Å². The van der Waals surface area contributed by atoms with Gasteiger partial charge < -0.3 is 28.8 Å². The van der Waals surface area contributed by atoms with E-state index in [2.05, 4.69) is 9.88 Å². The maximum atomic E-state index is 13.0. The molecule has 1 aliphatic rings. The number of H-pyrrole nitrogens is 1. The molecule has 8 nitrogen and oxygen atoms in total. The molecule has 0 unspecified atom stereocenters. The zero-order chi connectivity index (χ0) is 22.7. The molecule has 3 aromatic rings. The molecule has 0 radical (unpaired) electrons. The minimum Gasteiger partial charge on any atom is -0.497 e. The number of amides is 1. The number of piperazine rings is 1. The standard InChI is InChI=1S/C24H29N3O5/c1-29-18-5-6-19-17(13-18)14-20(25-19)24(28)27-9-7-26(8-10-27)15-16-11-21(30-2)23(32-4)22(12-16)31-3/h5-6,11-14,25H,7-10,15H2,1-4H3. The second-order valence-electron chi connectivity index (χ2n) is 7.74. The van der Waals surface area contributed by atoms with Gasteiger partial charge in [-0.3, -0.25) is 9.69 Å². The summed E-state index contributed by atoms with van der Waals surface area (Å²) < 4.78 is 21.6. The number of ether oxygens (including phenoxy) is 4. The molecule has 1 N–H and O–H groups in total. The molecule has 0 saturated carbocycles. The Balaban J connectivity index is 1.40. The van der Waals surface area contributed by atoms with E-state index < -0.39 is 0 Å². The third-order valence-corrected chi connectivity index (χ3v) is 5.85. The van der Waals surface area contributed by atoms with Crippen molar-refractivity contribution in [3.05, 3.63) is 47.7 Å². The molecule has 0 aliphatic carbocycles. The van der Waals surface area contributed by atoms with E-state index in [0.29, 0.717) is 36.0 Å². The van der Waals surface area contributed by atoms with Crippen LogP contribution >= 0.6 is 0 Å². The van der Waals surface area contributed by atoms with E-state index in [1.807, 2.05) is 41.3 Å². The lowest BCUT2D eigenvalue weighted by molar-refractivity contribution is 0.0623. The number of carbonyl (C=O) groups excluding carboxylic acids is 1. The Hall–Kier alpha value is -3.39. The van der Waals surface area contributed by atoms with Gasteiger partial charge in [-0.25, -0.2) is 0 Å². The van der Waals surface area contributed by atoms with E-state index in [4.69, 9.17) is 18.9 Å². The van der Waals surface area contributed by atoms with Gasteiger partial charge in [-0.15, -0.1) is 0 Å². The molecule has 1 amide bonds. The molecule has 2 aromatic carbocycles. The predicted molar refractivity (Wildman–Crippen MR) is 122 cm³/mol. The Morgan fingerprint density at radius 1 is 0.875 bits per heavy atom. The van der Waals surface area contributed by atoms with Gasteiger partial charge in [0.15, 0.2) is 11.5 Å². The van der Waals surface area contributed by atoms with Gasteiger partial charge in [0.1, 0.15) is 11.4 Å². The van der Waals surface area contributed by atoms with Crippen LogP contribution in [0, 0.1) is 0 Å². The van der Waals surface area contributed by atoms with E-state index >= 15 is 0 Å². The van der Waals surface area contributed by atoms with Crippen LogP contribution in [0.25, 0.3) is 10.9 Å². The molecule has 2 heterocycles. The van der Waals surface area contributed by atoms with Crippen LogP contribution in [0.3, 0.4) is 0 Å². The van der Waals surface area contributed by atoms with Crippen LogP contribution < -0.4 is 18.9 Å². The number of carbonyl (C=O) groups is 1. The number of aromatic nitrogens is 1. The third-order valence-electron chi connectivity index (χ3n) is 5.85. The molecule has 4 rings (SSSR count). The van der Waals surface area contributed by atoms with Crippen LogP contribution in [0.2, 0.25) is 0 Å². The van der Waals surface area contributed by atoms with Crippen molar-refractivity contribution in [2.24, 2.45) is 0 Å². The number of aromatic amines is 1. The lowest BCUT2D eigenvalue weighted by Crippen LogP contribution is -2.48. The highest BCUT2D eigenvalue weighted by molar-refractivity contribution is 5.98. The minimum atomic E-state index is 0.0209. The first-order valence-corrected chi connectivity index (χ1v) is 10.5. The van der Waals surface area contributed by atoms with Crippen molar-refractivity contribution < 1.29 is 23.7 Å². The second kappa shape index (κ2) is 9.40. The smallest absolute Gasteiger partial charge is 0.270 e. The van der Waals surface area contributed by atoms with Crippen LogP contribution in [0.15, 0.2) is 36.4 Å². The van der Waals surface area contributed by atoms with Crippen molar-refractivity contribution in [1.29, 1.82) is 0 Å². The Morgan fingerprint density at radius 2 is 1.56 bits per heavy atom. The highest BCUT2D eigenvalue weighted by Crippen LogP contribution is 2.38. The number of rotatable bonds is 7. The summed E-state index contributed by atoms with van der Waals surface area (Å²) in [5.74, 6) is 2.67. The maximum absolute atomic E-state index is 13.0. The third kappa shape index (κ3) is 4.31. The zero-order valence-electron chi connectivity index (χ0n) is 18.9. The van der Waals surface area contributed by atoms with Gasteiger partial charge in [-0.1, -0.05) is 0 Å². The Bertz CT molecular complexity index is 1080. The number of benzene rings is 2. The summed E-state index contributed by atoms with van der Waals surface area (Å²) in [6.45, 7) is 3.65. The molecule has 1 aromatic heterocycles. The molecular weight excluding hydrogens is 410 g/mol. The van der Waals surface area contributed by atoms with Gasteiger partial charge in [0.05, 0.1) is 28.4 Å². The van der Waals surface area contributed by atoms with Gasteiger partial charge in [-0.05, 0) is 42.0 Å². The monoisotopic (exact) mass is 439 g/mol. The van der Waals surface area contributed by atoms with Gasteiger partial charge in [0.2, 0.25) is 5.75 Å². The van der Waals surface area contributed by atoms with E-state index in [9.17, 15) is 4.79 Å². The summed E-state index contributed by atoms with van der Waals surface area (Å²) in [4.78, 5) is 20.5. The summed E-state index contributed by atoms with van der Waals surface area (Å²) in [6.07, 6.45) is 0. The first-order chi connectivity index (χ1) is 15.6. The van der Waals surface area contributed by atoms with Crippen molar-refractivity contribution in [2.45, 2.75) is 6.54 Å². The van der Waals surface area contributed by atoms with Crippen LogP contribution in [0.4, 0.5) is 0 Å². The topological polar surface area (TPSA) is 76.3 Å². The largest absolute Gasteiger partial charge is 0.497 e. The summed E-state index contributed by atoms with van der Waals surface area (Å²) in [7, 11) is 6.47. The average Bonchev–Trinajstić information content (AvgIpc) is 3.26. The molecule has 1 saturated heterocycles. The van der Waals surface area contributed by atoms with Crippen molar-refractivity contribution in [1.82, 2.24) is 14.8 Å². The SMILES string of the molecule is COc1ccc2[nH]c(C(=O)N3CCN(Cc4cc(OC)c(OC)c(OC)c4)CC3)cc2c1. The summed E-state index contributed by atoms with van der Waals surface area (Å²) in [5.41, 5.74) is 2.60. The summed E-state index contributed by atoms with van der Waals surface area (Å²) >= 11 is 0. The first-order valence-electron chi connectivity index (χ1n) is 10.5. The fourth-order valence-electron chi connectivity index (χ4n) is 4.12. The molecule has 32 heavy (non-hydrogen) atoms. The highest BCUT2D eigenvalue weighted by Gasteiger charge is 2.24. The Morgan fingerprint density at radius 3 is 2.16 bits per heavy atom. The first kappa shape index (κ1) is 21.8. The fourth-order valence-corrected chi connectivity index (χ4v) is 4.12. The zero-order valence-corrected chi connectivity index (χ0v) is 18.9. The van der Waals surface area contributed by atoms with Gasteiger partial charge in [0.25, 0.3) is 5.91 Å². The molecule has 170 valence electrons. The molecule has 1 fully saturated rings. The van der Waals surface area contributed by atoms with Crippen molar-refractivity contribution in [2.75, 3.05) is 54.6 Å². The molecular formula is C24H29N3O5.